The maximum Gasteiger partial charge on any atom is 0.306 e. The molecule has 2 atom stereocenters. The molecule has 0 radical (unpaired) electrons. The molecular formula is C14H24O3. The predicted molar refractivity (Wildman–Crippen MR) is 67.6 cm³/mol. The van der Waals surface area contributed by atoms with Crippen molar-refractivity contribution in [3.05, 3.63) is 12.2 Å². The SMILES string of the molecule is CC1CC(O)CCCCC=CCCCC(=O)O1. The molecule has 0 spiro atoms. The van der Waals surface area contributed by atoms with Gasteiger partial charge < -0.3 is 9.84 Å². The van der Waals surface area contributed by atoms with Gasteiger partial charge in [-0.1, -0.05) is 18.6 Å². The van der Waals surface area contributed by atoms with Crippen LogP contribution in [-0.4, -0.2) is 23.3 Å². The fourth-order valence-electron chi connectivity index (χ4n) is 2.07. The Labute approximate surface area is 104 Å². The standard InChI is InChI=1S/C14H24O3/c1-12-11-13(15)9-7-5-3-2-4-6-8-10-14(16)17-12/h2,4,12-13,15H,3,5-11H2,1H3. The number of cyclic esters (lactones) is 1. The summed E-state index contributed by atoms with van der Waals surface area (Å²) < 4.78 is 5.24. The number of ether oxygens (including phenoxy) is 1. The third-order valence-electron chi connectivity index (χ3n) is 3.01. The van der Waals surface area contributed by atoms with Gasteiger partial charge in [-0.25, -0.2) is 0 Å². The summed E-state index contributed by atoms with van der Waals surface area (Å²) in [7, 11) is 0. The molecule has 1 heterocycles. The minimum atomic E-state index is -0.343. The molecule has 0 saturated carbocycles. The van der Waals surface area contributed by atoms with E-state index in [2.05, 4.69) is 12.2 Å². The van der Waals surface area contributed by atoms with Crippen LogP contribution in [0.1, 0.15) is 58.3 Å². The van der Waals surface area contributed by atoms with Crippen LogP contribution in [0, 0.1) is 0 Å². The summed E-state index contributed by atoms with van der Waals surface area (Å²) in [6.45, 7) is 1.85. The van der Waals surface area contributed by atoms with E-state index in [1.165, 1.54) is 0 Å². The molecule has 0 aliphatic carbocycles. The maximum atomic E-state index is 11.4. The predicted octanol–water partition coefficient (Wildman–Crippen LogP) is 2.97. The van der Waals surface area contributed by atoms with Crippen molar-refractivity contribution in [2.45, 2.75) is 70.5 Å². The Morgan fingerprint density at radius 1 is 1.24 bits per heavy atom. The highest BCUT2D eigenvalue weighted by Crippen LogP contribution is 2.13. The quantitative estimate of drug-likeness (QED) is 0.523. The molecule has 2 unspecified atom stereocenters. The third-order valence-corrected chi connectivity index (χ3v) is 3.01. The van der Waals surface area contributed by atoms with Crippen LogP contribution in [0.2, 0.25) is 0 Å². The average molecular weight is 240 g/mol. The average Bonchev–Trinajstić information content (AvgIpc) is 2.25. The molecule has 0 fully saturated rings. The van der Waals surface area contributed by atoms with Crippen molar-refractivity contribution in [1.82, 2.24) is 0 Å². The van der Waals surface area contributed by atoms with Gasteiger partial charge in [0.05, 0.1) is 6.10 Å². The fraction of sp³-hybridized carbons (Fsp3) is 0.786. The summed E-state index contributed by atoms with van der Waals surface area (Å²) in [4.78, 5) is 11.4. The second kappa shape index (κ2) is 8.29. The molecular weight excluding hydrogens is 216 g/mol. The molecule has 0 aromatic heterocycles. The van der Waals surface area contributed by atoms with Crippen LogP contribution in [0.3, 0.4) is 0 Å². The fourth-order valence-corrected chi connectivity index (χ4v) is 2.07. The molecule has 3 nitrogen and oxygen atoms in total. The summed E-state index contributed by atoms with van der Waals surface area (Å²) in [6.07, 6.45) is 10.7. The van der Waals surface area contributed by atoms with Crippen LogP contribution in [-0.2, 0) is 9.53 Å². The lowest BCUT2D eigenvalue weighted by molar-refractivity contribution is -0.149. The van der Waals surface area contributed by atoms with Crippen molar-refractivity contribution in [1.29, 1.82) is 0 Å². The molecule has 1 aliphatic heterocycles. The molecule has 3 heteroatoms. The minimum Gasteiger partial charge on any atom is -0.463 e. The summed E-state index contributed by atoms with van der Waals surface area (Å²) in [6, 6.07) is 0. The molecule has 17 heavy (non-hydrogen) atoms. The van der Waals surface area contributed by atoms with E-state index >= 15 is 0 Å². The zero-order valence-electron chi connectivity index (χ0n) is 10.7. The number of aliphatic hydroxyl groups is 1. The van der Waals surface area contributed by atoms with Gasteiger partial charge in [-0.05, 0) is 39.0 Å². The number of carbonyl (C=O) groups excluding carboxylic acids is 1. The Kier molecular flexibility index (Phi) is 6.94. The van der Waals surface area contributed by atoms with Crippen LogP contribution in [0.25, 0.3) is 0 Å². The molecule has 1 N–H and O–H groups in total. The number of hydrogen-bond acceptors (Lipinski definition) is 3. The van der Waals surface area contributed by atoms with Crippen LogP contribution < -0.4 is 0 Å². The van der Waals surface area contributed by atoms with Crippen LogP contribution in [0.5, 0.6) is 0 Å². The normalized spacial score (nSPS) is 29.4. The second-order valence-corrected chi connectivity index (χ2v) is 4.84. The molecule has 1 aliphatic rings. The summed E-state index contributed by atoms with van der Waals surface area (Å²) in [5, 5.41) is 9.77. The molecule has 0 amide bonds. The van der Waals surface area contributed by atoms with Crippen molar-refractivity contribution in [3.63, 3.8) is 0 Å². The number of esters is 1. The van der Waals surface area contributed by atoms with E-state index in [0.29, 0.717) is 12.8 Å². The Morgan fingerprint density at radius 3 is 2.71 bits per heavy atom. The molecule has 0 aromatic carbocycles. The van der Waals surface area contributed by atoms with Crippen LogP contribution >= 0.6 is 0 Å². The zero-order chi connectivity index (χ0) is 12.5. The first-order chi connectivity index (χ1) is 8.18. The van der Waals surface area contributed by atoms with Gasteiger partial charge in [0.25, 0.3) is 0 Å². The molecule has 0 aromatic rings. The van der Waals surface area contributed by atoms with Crippen LogP contribution in [0.4, 0.5) is 0 Å². The zero-order valence-corrected chi connectivity index (χ0v) is 10.7. The van der Waals surface area contributed by atoms with E-state index in [-0.39, 0.29) is 18.2 Å². The van der Waals surface area contributed by atoms with Crippen molar-refractivity contribution >= 4 is 5.97 Å². The first-order valence-electron chi connectivity index (χ1n) is 6.71. The first kappa shape index (κ1) is 14.2. The highest BCUT2D eigenvalue weighted by molar-refractivity contribution is 5.69. The van der Waals surface area contributed by atoms with E-state index in [4.69, 9.17) is 4.74 Å². The van der Waals surface area contributed by atoms with Crippen molar-refractivity contribution in [3.8, 4) is 0 Å². The molecule has 1 rings (SSSR count). The lowest BCUT2D eigenvalue weighted by Gasteiger charge is -2.17. The van der Waals surface area contributed by atoms with Crippen LogP contribution in [0.15, 0.2) is 12.2 Å². The lowest BCUT2D eigenvalue weighted by Crippen LogP contribution is -2.21. The van der Waals surface area contributed by atoms with E-state index in [9.17, 15) is 9.90 Å². The highest BCUT2D eigenvalue weighted by atomic mass is 16.5. The number of carbonyl (C=O) groups is 1. The smallest absolute Gasteiger partial charge is 0.306 e. The lowest BCUT2D eigenvalue weighted by atomic mass is 10.0. The van der Waals surface area contributed by atoms with Gasteiger partial charge in [-0.2, -0.15) is 0 Å². The van der Waals surface area contributed by atoms with E-state index < -0.39 is 0 Å². The van der Waals surface area contributed by atoms with Crippen molar-refractivity contribution in [2.24, 2.45) is 0 Å². The number of allylic oxidation sites excluding steroid dienone is 2. The summed E-state index contributed by atoms with van der Waals surface area (Å²) in [5.41, 5.74) is 0. The van der Waals surface area contributed by atoms with Gasteiger partial charge in [-0.3, -0.25) is 4.79 Å². The van der Waals surface area contributed by atoms with Gasteiger partial charge in [-0.15, -0.1) is 0 Å². The topological polar surface area (TPSA) is 46.5 Å². The Morgan fingerprint density at radius 2 is 1.94 bits per heavy atom. The number of hydrogen-bond donors (Lipinski definition) is 1. The number of aliphatic hydroxyl groups excluding tert-OH is 1. The largest absolute Gasteiger partial charge is 0.463 e. The molecule has 0 saturated heterocycles. The van der Waals surface area contributed by atoms with Gasteiger partial charge in [0.1, 0.15) is 6.10 Å². The Bertz CT molecular complexity index is 248. The first-order valence-corrected chi connectivity index (χ1v) is 6.71. The van der Waals surface area contributed by atoms with Gasteiger partial charge in [0.2, 0.25) is 0 Å². The molecule has 98 valence electrons. The summed E-state index contributed by atoms with van der Waals surface area (Å²) in [5.74, 6) is -0.143. The highest BCUT2D eigenvalue weighted by Gasteiger charge is 2.14. The maximum absolute atomic E-state index is 11.4. The van der Waals surface area contributed by atoms with Gasteiger partial charge in [0.15, 0.2) is 0 Å². The molecule has 0 bridgehead atoms. The second-order valence-electron chi connectivity index (χ2n) is 4.84. The summed E-state index contributed by atoms with van der Waals surface area (Å²) >= 11 is 0. The third kappa shape index (κ3) is 7.16. The van der Waals surface area contributed by atoms with E-state index in [1.807, 2.05) is 6.92 Å². The Hall–Kier alpha value is -0.830. The van der Waals surface area contributed by atoms with Crippen molar-refractivity contribution < 1.29 is 14.6 Å². The monoisotopic (exact) mass is 240 g/mol. The van der Waals surface area contributed by atoms with Crippen molar-refractivity contribution in [2.75, 3.05) is 0 Å². The van der Waals surface area contributed by atoms with E-state index in [1.54, 1.807) is 0 Å². The van der Waals surface area contributed by atoms with Gasteiger partial charge in [0, 0.05) is 12.8 Å². The van der Waals surface area contributed by atoms with Gasteiger partial charge >= 0.3 is 5.97 Å². The number of rotatable bonds is 0. The van der Waals surface area contributed by atoms with E-state index in [0.717, 1.165) is 38.5 Å². The Balaban J connectivity index is 2.41. The minimum absolute atomic E-state index is 0.143.